The zero-order valence-corrected chi connectivity index (χ0v) is 20.0. The predicted octanol–water partition coefficient (Wildman–Crippen LogP) is -2.15. The molecular formula is C15H31KN2O5S. The number of piperidine rings is 1. The predicted molar refractivity (Wildman–Crippen MR) is 87.8 cm³/mol. The van der Waals surface area contributed by atoms with Crippen molar-refractivity contribution in [2.45, 2.75) is 77.1 Å². The number of hydroxylamine groups is 2. The van der Waals surface area contributed by atoms with Gasteiger partial charge in [-0.15, -0.1) is 0 Å². The Kier molecular flexibility index (Phi) is 9.57. The zero-order valence-electron chi connectivity index (χ0n) is 16.0. The minimum Gasteiger partial charge on any atom is -0.748 e. The van der Waals surface area contributed by atoms with Crippen LogP contribution in [0, 0.1) is 0 Å². The van der Waals surface area contributed by atoms with Crippen molar-refractivity contribution in [3.8, 4) is 0 Å². The molecule has 0 atom stereocenters. The normalized spacial score (nSPS) is 22.2. The topological polar surface area (TPSA) is 102 Å². The van der Waals surface area contributed by atoms with Gasteiger partial charge in [0.2, 0.25) is 0 Å². The molecule has 1 heterocycles. The van der Waals surface area contributed by atoms with E-state index in [1.165, 1.54) is 0 Å². The summed E-state index contributed by atoms with van der Waals surface area (Å²) in [5, 5.41) is 15.0. The van der Waals surface area contributed by atoms with Gasteiger partial charge in [-0.3, -0.25) is 4.84 Å². The minimum absolute atomic E-state index is 0. The van der Waals surface area contributed by atoms with E-state index in [0.29, 0.717) is 0 Å². The summed E-state index contributed by atoms with van der Waals surface area (Å²) in [5.74, 6) is -0.400. The van der Waals surface area contributed by atoms with Crippen molar-refractivity contribution < 1.29 is 74.3 Å². The van der Waals surface area contributed by atoms with E-state index in [1.54, 1.807) is 13.8 Å². The van der Waals surface area contributed by atoms with Gasteiger partial charge in [0.1, 0.15) is 0 Å². The van der Waals surface area contributed by atoms with Gasteiger partial charge in [-0.1, -0.05) is 0 Å². The molecule has 9 heteroatoms. The molecule has 0 saturated carbocycles. The second-order valence-corrected chi connectivity index (χ2v) is 9.85. The van der Waals surface area contributed by atoms with Gasteiger partial charge in [-0.25, -0.2) is 8.42 Å². The zero-order chi connectivity index (χ0) is 18.1. The van der Waals surface area contributed by atoms with Gasteiger partial charge in [0, 0.05) is 23.7 Å². The molecule has 7 nitrogen and oxygen atoms in total. The summed E-state index contributed by atoms with van der Waals surface area (Å²) in [4.78, 5) is 5.89. The third-order valence-electron chi connectivity index (χ3n) is 3.92. The van der Waals surface area contributed by atoms with Crippen LogP contribution in [0.3, 0.4) is 0 Å². The van der Waals surface area contributed by atoms with Gasteiger partial charge in [-0.05, 0) is 54.4 Å². The van der Waals surface area contributed by atoms with Gasteiger partial charge in [-0.2, -0.15) is 5.06 Å². The summed E-state index contributed by atoms with van der Waals surface area (Å²) >= 11 is 0. The minimum atomic E-state index is -4.19. The summed E-state index contributed by atoms with van der Waals surface area (Å²) in [5.41, 5.74) is -1.49. The third kappa shape index (κ3) is 8.85. The number of nitrogens with zero attached hydrogens (tertiary/aromatic N) is 1. The molecule has 0 aliphatic carbocycles. The SMILES string of the molecule is CC(C)(O)CON1C(C)(C)CC(NCCS(=O)(=O)[O-])CC1(C)C.[K+]. The van der Waals surface area contributed by atoms with Crippen molar-refractivity contribution in [1.29, 1.82) is 0 Å². The molecule has 1 aliphatic rings. The Morgan fingerprint density at radius 3 is 2.08 bits per heavy atom. The maximum absolute atomic E-state index is 10.7. The number of nitrogens with one attached hydrogen (secondary N) is 1. The van der Waals surface area contributed by atoms with Crippen molar-refractivity contribution in [3.63, 3.8) is 0 Å². The van der Waals surface area contributed by atoms with E-state index in [9.17, 15) is 18.1 Å². The molecule has 0 amide bonds. The first-order valence-corrected chi connectivity index (χ1v) is 9.53. The summed E-state index contributed by atoms with van der Waals surface area (Å²) in [6.45, 7) is 12.0. The summed E-state index contributed by atoms with van der Waals surface area (Å²) in [6, 6.07) is 0.101. The maximum atomic E-state index is 10.7. The van der Waals surface area contributed by atoms with Crippen LogP contribution in [-0.2, 0) is 15.0 Å². The molecule has 2 N–H and O–H groups in total. The number of aliphatic hydroxyl groups is 1. The number of hydrogen-bond acceptors (Lipinski definition) is 7. The molecule has 0 radical (unpaired) electrons. The third-order valence-corrected chi connectivity index (χ3v) is 4.63. The molecule has 0 spiro atoms. The first-order valence-electron chi connectivity index (χ1n) is 7.95. The average molecular weight is 391 g/mol. The molecule has 0 unspecified atom stereocenters. The Morgan fingerprint density at radius 1 is 1.25 bits per heavy atom. The van der Waals surface area contributed by atoms with E-state index < -0.39 is 21.5 Å². The maximum Gasteiger partial charge on any atom is 1.00 e. The molecule has 0 aromatic rings. The van der Waals surface area contributed by atoms with Crippen molar-refractivity contribution in [2.75, 3.05) is 18.9 Å². The van der Waals surface area contributed by atoms with E-state index in [0.717, 1.165) is 12.8 Å². The summed E-state index contributed by atoms with van der Waals surface area (Å²) in [7, 11) is -4.19. The molecule has 1 fully saturated rings. The van der Waals surface area contributed by atoms with Crippen molar-refractivity contribution >= 4 is 10.1 Å². The fraction of sp³-hybridized carbons (Fsp3) is 1.00. The van der Waals surface area contributed by atoms with E-state index in [4.69, 9.17) is 4.84 Å². The van der Waals surface area contributed by atoms with E-state index in [1.807, 2.05) is 5.06 Å². The Hall–Kier alpha value is 1.39. The quantitative estimate of drug-likeness (QED) is 0.377. The van der Waals surface area contributed by atoms with Crippen LogP contribution in [0.15, 0.2) is 0 Å². The van der Waals surface area contributed by atoms with Crippen molar-refractivity contribution in [2.24, 2.45) is 0 Å². The molecule has 0 aromatic heterocycles. The number of hydrogen-bond donors (Lipinski definition) is 2. The molecule has 0 bridgehead atoms. The van der Waals surface area contributed by atoms with Gasteiger partial charge < -0.3 is 15.0 Å². The first kappa shape index (κ1) is 25.4. The van der Waals surface area contributed by atoms with Crippen molar-refractivity contribution in [3.05, 3.63) is 0 Å². The first-order chi connectivity index (χ1) is 10.1. The Balaban J connectivity index is 0.00000529. The molecular weight excluding hydrogens is 359 g/mol. The smallest absolute Gasteiger partial charge is 0.748 e. The molecule has 0 aromatic carbocycles. The van der Waals surface area contributed by atoms with Gasteiger partial charge in [0.25, 0.3) is 0 Å². The van der Waals surface area contributed by atoms with Crippen LogP contribution in [0.2, 0.25) is 0 Å². The van der Waals surface area contributed by atoms with E-state index >= 15 is 0 Å². The van der Waals surface area contributed by atoms with Crippen LogP contribution < -0.4 is 56.7 Å². The van der Waals surface area contributed by atoms with Crippen molar-refractivity contribution in [1.82, 2.24) is 10.4 Å². The Morgan fingerprint density at radius 2 is 1.71 bits per heavy atom. The number of rotatable bonds is 7. The van der Waals surface area contributed by atoms with Crippen LogP contribution in [0.25, 0.3) is 0 Å². The fourth-order valence-electron chi connectivity index (χ4n) is 3.37. The van der Waals surface area contributed by atoms with Gasteiger partial charge in [0.05, 0.1) is 28.1 Å². The summed E-state index contributed by atoms with van der Waals surface area (Å²) < 4.78 is 32.1. The van der Waals surface area contributed by atoms with E-state index in [2.05, 4.69) is 33.0 Å². The van der Waals surface area contributed by atoms with Crippen LogP contribution in [0.5, 0.6) is 0 Å². The largest absolute Gasteiger partial charge is 1.00 e. The molecule has 138 valence electrons. The molecule has 24 heavy (non-hydrogen) atoms. The average Bonchev–Trinajstić information content (AvgIpc) is 2.21. The second kappa shape index (κ2) is 9.05. The van der Waals surface area contributed by atoms with Crippen LogP contribution in [0.1, 0.15) is 54.4 Å². The van der Waals surface area contributed by atoms with Gasteiger partial charge in [0.15, 0.2) is 0 Å². The Bertz CT molecular complexity index is 484. The monoisotopic (exact) mass is 390 g/mol. The molecule has 1 saturated heterocycles. The van der Waals surface area contributed by atoms with Crippen LogP contribution in [-0.4, -0.2) is 64.8 Å². The standard InChI is InChI=1S/C15H32N2O5S.K/c1-13(2)9-12(16-7-8-23(19,20)21)10-14(3,4)17(13)22-11-15(5,6)18;/h12,16,18H,7-11H2,1-6H3,(H,19,20,21);/q;+1/p-1. The van der Waals surface area contributed by atoms with Crippen LogP contribution >= 0.6 is 0 Å². The second-order valence-electron chi connectivity index (χ2n) is 8.33. The molecule has 1 rings (SSSR count). The Labute approximate surface area is 189 Å². The van der Waals surface area contributed by atoms with Crippen LogP contribution in [0.4, 0.5) is 0 Å². The van der Waals surface area contributed by atoms with E-state index in [-0.39, 0.29) is 81.7 Å². The van der Waals surface area contributed by atoms with Gasteiger partial charge >= 0.3 is 51.4 Å². The molecule has 1 aliphatic heterocycles. The fourth-order valence-corrected chi connectivity index (χ4v) is 3.74. The summed E-state index contributed by atoms with van der Waals surface area (Å²) in [6.07, 6.45) is 1.50.